The fourth-order valence-corrected chi connectivity index (χ4v) is 1.58. The lowest BCUT2D eigenvalue weighted by Crippen LogP contribution is -2.16. The molecular weight excluding hydrogens is 292 g/mol. The van der Waals surface area contributed by atoms with Crippen molar-refractivity contribution in [1.82, 2.24) is 0 Å². The van der Waals surface area contributed by atoms with Gasteiger partial charge in [-0.1, -0.05) is 0 Å². The fraction of sp³-hybridized carbons (Fsp3) is 0.267. The van der Waals surface area contributed by atoms with Gasteiger partial charge >= 0.3 is 11.9 Å². The Kier molecular flexibility index (Phi) is 5.53. The molecule has 7 heteroatoms. The molecule has 0 spiro atoms. The van der Waals surface area contributed by atoms with Crippen molar-refractivity contribution in [3.8, 4) is 0 Å². The molecule has 0 aliphatic rings. The van der Waals surface area contributed by atoms with Crippen molar-refractivity contribution >= 4 is 17.7 Å². The molecular formula is C15H14O7. The zero-order valence-electron chi connectivity index (χ0n) is 11.7. The van der Waals surface area contributed by atoms with Crippen molar-refractivity contribution in [1.29, 1.82) is 0 Å². The van der Waals surface area contributed by atoms with Gasteiger partial charge in [-0.2, -0.15) is 0 Å². The van der Waals surface area contributed by atoms with Crippen LogP contribution in [0.2, 0.25) is 0 Å². The average Bonchev–Trinajstić information content (AvgIpc) is 3.16. The highest BCUT2D eigenvalue weighted by Crippen LogP contribution is 2.05. The Hall–Kier alpha value is -2.83. The van der Waals surface area contributed by atoms with Gasteiger partial charge < -0.3 is 18.3 Å². The van der Waals surface area contributed by atoms with Crippen LogP contribution in [0.5, 0.6) is 0 Å². The van der Waals surface area contributed by atoms with E-state index in [0.29, 0.717) is 11.5 Å². The SMILES string of the molecule is O=C(CC(=O)OCc1ccco1)CC(=O)OCc1ccco1. The minimum absolute atomic E-state index is 0.0535. The molecule has 0 amide bonds. The molecule has 0 unspecified atom stereocenters. The zero-order valence-corrected chi connectivity index (χ0v) is 11.7. The molecule has 116 valence electrons. The van der Waals surface area contributed by atoms with Crippen molar-refractivity contribution in [2.45, 2.75) is 26.1 Å². The normalized spacial score (nSPS) is 10.2. The van der Waals surface area contributed by atoms with Crippen LogP contribution >= 0.6 is 0 Å². The Bertz CT molecular complexity index is 556. The van der Waals surface area contributed by atoms with E-state index >= 15 is 0 Å². The number of ketones is 1. The molecule has 0 aromatic carbocycles. The lowest BCUT2D eigenvalue weighted by Gasteiger charge is -2.03. The van der Waals surface area contributed by atoms with Crippen molar-refractivity contribution in [3.63, 3.8) is 0 Å². The number of Topliss-reactive ketones (excluding diaryl/α,β-unsaturated/α-hetero) is 1. The van der Waals surface area contributed by atoms with Crippen molar-refractivity contribution in [3.05, 3.63) is 48.3 Å². The highest BCUT2D eigenvalue weighted by Gasteiger charge is 2.16. The Morgan fingerprint density at radius 1 is 0.818 bits per heavy atom. The summed E-state index contributed by atoms with van der Waals surface area (Å²) in [7, 11) is 0. The summed E-state index contributed by atoms with van der Waals surface area (Å²) in [5, 5.41) is 0. The van der Waals surface area contributed by atoms with Crippen molar-refractivity contribution in [2.75, 3.05) is 0 Å². The molecule has 0 atom stereocenters. The molecule has 0 fully saturated rings. The number of rotatable bonds is 8. The van der Waals surface area contributed by atoms with Crippen LogP contribution in [0.3, 0.4) is 0 Å². The van der Waals surface area contributed by atoms with Crippen LogP contribution in [0.1, 0.15) is 24.4 Å². The van der Waals surface area contributed by atoms with Crippen LogP contribution in [0.15, 0.2) is 45.6 Å². The summed E-state index contributed by atoms with van der Waals surface area (Å²) < 4.78 is 19.6. The molecule has 0 saturated carbocycles. The molecule has 0 aliphatic carbocycles. The van der Waals surface area contributed by atoms with E-state index in [1.807, 2.05) is 0 Å². The summed E-state index contributed by atoms with van der Waals surface area (Å²) >= 11 is 0. The molecule has 0 radical (unpaired) electrons. The predicted molar refractivity (Wildman–Crippen MR) is 71.2 cm³/mol. The van der Waals surface area contributed by atoms with Crippen LogP contribution < -0.4 is 0 Å². The third-order valence-corrected chi connectivity index (χ3v) is 2.59. The van der Waals surface area contributed by atoms with Gasteiger partial charge in [0.05, 0.1) is 12.5 Å². The highest BCUT2D eigenvalue weighted by molar-refractivity contribution is 6.03. The van der Waals surface area contributed by atoms with E-state index in [2.05, 4.69) is 0 Å². The molecule has 0 aliphatic heterocycles. The van der Waals surface area contributed by atoms with E-state index in [4.69, 9.17) is 18.3 Å². The second-order valence-electron chi connectivity index (χ2n) is 4.37. The molecule has 2 aromatic rings. The third-order valence-electron chi connectivity index (χ3n) is 2.59. The van der Waals surface area contributed by atoms with E-state index in [-0.39, 0.29) is 13.2 Å². The highest BCUT2D eigenvalue weighted by atomic mass is 16.5. The second-order valence-corrected chi connectivity index (χ2v) is 4.37. The molecule has 2 heterocycles. The number of carbonyl (C=O) groups excluding carboxylic acids is 3. The Morgan fingerprint density at radius 3 is 1.64 bits per heavy atom. The van der Waals surface area contributed by atoms with E-state index in [1.165, 1.54) is 12.5 Å². The summed E-state index contributed by atoms with van der Waals surface area (Å²) in [6.07, 6.45) is 1.92. The minimum Gasteiger partial charge on any atom is -0.466 e. The van der Waals surface area contributed by atoms with Crippen molar-refractivity contribution in [2.24, 2.45) is 0 Å². The first-order valence-corrected chi connectivity index (χ1v) is 6.51. The average molecular weight is 306 g/mol. The fourth-order valence-electron chi connectivity index (χ4n) is 1.58. The van der Waals surface area contributed by atoms with Gasteiger partial charge in [-0.25, -0.2) is 0 Å². The number of furan rings is 2. The first kappa shape index (κ1) is 15.6. The lowest BCUT2D eigenvalue weighted by atomic mass is 10.2. The maximum atomic E-state index is 11.5. The zero-order chi connectivity index (χ0) is 15.8. The molecule has 2 aromatic heterocycles. The van der Waals surface area contributed by atoms with E-state index in [9.17, 15) is 14.4 Å². The number of ether oxygens (including phenoxy) is 2. The van der Waals surface area contributed by atoms with Crippen LogP contribution in [-0.4, -0.2) is 17.7 Å². The van der Waals surface area contributed by atoms with Gasteiger partial charge in [-0.05, 0) is 24.3 Å². The third kappa shape index (κ3) is 5.28. The summed E-state index contributed by atoms with van der Waals surface area (Å²) in [6, 6.07) is 6.59. The van der Waals surface area contributed by atoms with Gasteiger partial charge in [-0.3, -0.25) is 14.4 Å². The molecule has 22 heavy (non-hydrogen) atoms. The number of esters is 2. The Labute approximate surface area is 125 Å². The van der Waals surface area contributed by atoms with Gasteiger partial charge in [0.1, 0.15) is 37.6 Å². The smallest absolute Gasteiger partial charge is 0.313 e. The van der Waals surface area contributed by atoms with E-state index in [0.717, 1.165) is 0 Å². The largest absolute Gasteiger partial charge is 0.466 e. The van der Waals surface area contributed by atoms with E-state index < -0.39 is 30.6 Å². The van der Waals surface area contributed by atoms with Crippen LogP contribution in [-0.2, 0) is 37.1 Å². The van der Waals surface area contributed by atoms with E-state index in [1.54, 1.807) is 24.3 Å². The number of hydrogen-bond donors (Lipinski definition) is 0. The summed E-state index contributed by atoms with van der Waals surface area (Å²) in [6.45, 7) is -0.107. The van der Waals surface area contributed by atoms with Gasteiger partial charge in [0, 0.05) is 0 Å². The summed E-state index contributed by atoms with van der Waals surface area (Å²) in [5.41, 5.74) is 0. The molecule has 7 nitrogen and oxygen atoms in total. The lowest BCUT2D eigenvalue weighted by molar-refractivity contribution is -0.150. The van der Waals surface area contributed by atoms with Gasteiger partial charge in [-0.15, -0.1) is 0 Å². The molecule has 2 rings (SSSR count). The first-order chi connectivity index (χ1) is 10.6. The number of carbonyl (C=O) groups is 3. The molecule has 0 N–H and O–H groups in total. The van der Waals surface area contributed by atoms with Crippen LogP contribution in [0.25, 0.3) is 0 Å². The van der Waals surface area contributed by atoms with Crippen LogP contribution in [0.4, 0.5) is 0 Å². The minimum atomic E-state index is -0.722. The maximum Gasteiger partial charge on any atom is 0.313 e. The van der Waals surface area contributed by atoms with Gasteiger partial charge in [0.25, 0.3) is 0 Å². The maximum absolute atomic E-state index is 11.5. The molecule has 0 saturated heterocycles. The van der Waals surface area contributed by atoms with Crippen LogP contribution in [0, 0.1) is 0 Å². The van der Waals surface area contributed by atoms with Crippen molar-refractivity contribution < 1.29 is 32.7 Å². The monoisotopic (exact) mass is 306 g/mol. The topological polar surface area (TPSA) is 96.0 Å². The van der Waals surface area contributed by atoms with Gasteiger partial charge in [0.2, 0.25) is 0 Å². The number of hydrogen-bond acceptors (Lipinski definition) is 7. The standard InChI is InChI=1S/C15H14O7/c16-11(7-14(17)21-9-12-3-1-5-19-12)8-15(18)22-10-13-4-2-6-20-13/h1-6H,7-10H2. The van der Waals surface area contributed by atoms with Gasteiger partial charge in [0.15, 0.2) is 5.78 Å². The summed E-state index contributed by atoms with van der Waals surface area (Å²) in [5.74, 6) is -1.08. The first-order valence-electron chi connectivity index (χ1n) is 6.51. The quantitative estimate of drug-likeness (QED) is 0.543. The second kappa shape index (κ2) is 7.82. The summed E-state index contributed by atoms with van der Waals surface area (Å²) in [4.78, 5) is 34.4. The predicted octanol–water partition coefficient (Wildman–Crippen LogP) is 2.01. The molecule has 0 bridgehead atoms. The Balaban J connectivity index is 1.63. The Morgan fingerprint density at radius 2 is 1.27 bits per heavy atom.